The van der Waals surface area contributed by atoms with E-state index in [1.54, 1.807) is 49.5 Å². The number of benzene rings is 2. The van der Waals surface area contributed by atoms with E-state index in [-0.39, 0.29) is 18.6 Å². The molecule has 0 bridgehead atoms. The number of aliphatic hydroxyl groups is 2. The van der Waals surface area contributed by atoms with Gasteiger partial charge in [0.25, 0.3) is 0 Å². The van der Waals surface area contributed by atoms with Gasteiger partial charge in [-0.25, -0.2) is 4.79 Å². The molecule has 0 saturated heterocycles. The number of carboxylic acids is 1. The Bertz CT molecular complexity index is 1210. The van der Waals surface area contributed by atoms with Crippen LogP contribution in [0.5, 0.6) is 5.75 Å². The highest BCUT2D eigenvalue weighted by Crippen LogP contribution is 2.12. The molecule has 8 N–H and O–H groups in total. The Morgan fingerprint density at radius 1 is 0.762 bits per heavy atom. The number of phenolic OH excluding ortho intramolecular Hbond substituents is 1. The van der Waals surface area contributed by atoms with E-state index in [0.29, 0.717) is 5.56 Å². The summed E-state index contributed by atoms with van der Waals surface area (Å²) in [6.07, 6.45) is 0.248. The zero-order chi connectivity index (χ0) is 31.2. The van der Waals surface area contributed by atoms with Gasteiger partial charge < -0.3 is 46.6 Å². The molecule has 4 atom stereocenters. The van der Waals surface area contributed by atoms with Gasteiger partial charge in [-0.15, -0.1) is 0 Å². The first-order valence-corrected chi connectivity index (χ1v) is 13.1. The molecule has 14 nitrogen and oxygen atoms in total. The highest BCUT2D eigenvalue weighted by molar-refractivity contribution is 5.94. The number of hydrogen-bond donors (Lipinski definition) is 8. The Balaban J connectivity index is 2.04. The minimum Gasteiger partial charge on any atom is -0.508 e. The van der Waals surface area contributed by atoms with E-state index < -0.39 is 73.5 Å². The first-order valence-electron chi connectivity index (χ1n) is 13.1. The number of aliphatic hydroxyl groups excluding tert-OH is 2. The van der Waals surface area contributed by atoms with Crippen LogP contribution in [0.25, 0.3) is 0 Å². The van der Waals surface area contributed by atoms with Gasteiger partial charge in [-0.2, -0.15) is 0 Å². The molecule has 2 aromatic carbocycles. The summed E-state index contributed by atoms with van der Waals surface area (Å²) in [5.41, 5.74) is 1.41. The fourth-order valence-electron chi connectivity index (χ4n) is 3.94. The summed E-state index contributed by atoms with van der Waals surface area (Å²) in [5, 5.41) is 47.5. The Kier molecular flexibility index (Phi) is 13.4. The third-order valence-corrected chi connectivity index (χ3v) is 6.50. The number of aromatic hydroxyl groups is 1. The van der Waals surface area contributed by atoms with Crippen LogP contribution >= 0.6 is 0 Å². The van der Waals surface area contributed by atoms with Crippen molar-refractivity contribution < 1.29 is 44.4 Å². The van der Waals surface area contributed by atoms with Gasteiger partial charge in [-0.1, -0.05) is 42.5 Å². The number of aliphatic carboxylic acids is 1. The van der Waals surface area contributed by atoms with Crippen LogP contribution in [0.1, 0.15) is 11.1 Å². The van der Waals surface area contributed by atoms with E-state index in [1.165, 1.54) is 19.2 Å². The smallest absolute Gasteiger partial charge is 0.328 e. The minimum absolute atomic E-state index is 0.0163. The maximum absolute atomic E-state index is 13.0. The highest BCUT2D eigenvalue weighted by Gasteiger charge is 2.31. The van der Waals surface area contributed by atoms with Gasteiger partial charge in [0.2, 0.25) is 23.6 Å². The highest BCUT2D eigenvalue weighted by atomic mass is 16.4. The Labute approximate surface area is 242 Å². The van der Waals surface area contributed by atoms with Crippen molar-refractivity contribution in [2.45, 2.75) is 37.0 Å². The number of nitrogens with one attached hydrogen (secondary N) is 4. The number of phenols is 1. The van der Waals surface area contributed by atoms with Crippen molar-refractivity contribution in [2.75, 3.05) is 33.9 Å². The second-order valence-corrected chi connectivity index (χ2v) is 9.47. The molecule has 228 valence electrons. The van der Waals surface area contributed by atoms with Crippen LogP contribution in [-0.4, -0.2) is 113 Å². The lowest BCUT2D eigenvalue weighted by atomic mass is 10.0. The summed E-state index contributed by atoms with van der Waals surface area (Å²) in [6, 6.07) is 9.98. The Morgan fingerprint density at radius 3 is 1.88 bits per heavy atom. The topological polar surface area (TPSA) is 218 Å². The van der Waals surface area contributed by atoms with Crippen LogP contribution in [0.2, 0.25) is 0 Å². The van der Waals surface area contributed by atoms with Crippen molar-refractivity contribution >= 4 is 29.6 Å². The summed E-state index contributed by atoms with van der Waals surface area (Å²) in [7, 11) is 2.86. The van der Waals surface area contributed by atoms with Crippen LogP contribution < -0.4 is 21.3 Å². The molecule has 4 amide bonds. The number of nitrogens with zero attached hydrogens (tertiary/aromatic N) is 1. The lowest BCUT2D eigenvalue weighted by molar-refractivity contribution is -0.145. The van der Waals surface area contributed by atoms with Gasteiger partial charge in [-0.05, 0) is 36.7 Å². The maximum Gasteiger partial charge on any atom is 0.328 e. The number of carboxylic acid groups (broad SMARTS) is 1. The predicted molar refractivity (Wildman–Crippen MR) is 150 cm³/mol. The predicted octanol–water partition coefficient (Wildman–Crippen LogP) is -2.25. The molecule has 0 aliphatic carbocycles. The monoisotopic (exact) mass is 587 g/mol. The van der Waals surface area contributed by atoms with Crippen LogP contribution in [-0.2, 0) is 36.8 Å². The van der Waals surface area contributed by atoms with Gasteiger partial charge in [0.05, 0.1) is 25.8 Å². The lowest BCUT2D eigenvalue weighted by Crippen LogP contribution is -2.57. The quantitative estimate of drug-likeness (QED) is 0.105. The average Bonchev–Trinajstić information content (AvgIpc) is 2.99. The minimum atomic E-state index is -1.58. The molecular formula is C28H37N5O9. The molecule has 2 rings (SSSR count). The van der Waals surface area contributed by atoms with E-state index in [2.05, 4.69) is 21.3 Å². The van der Waals surface area contributed by atoms with Crippen LogP contribution in [0.4, 0.5) is 0 Å². The zero-order valence-electron chi connectivity index (χ0n) is 23.3. The molecule has 0 radical (unpaired) electrons. The second kappa shape index (κ2) is 16.7. The molecule has 0 spiro atoms. The molecule has 0 fully saturated rings. The summed E-state index contributed by atoms with van der Waals surface area (Å²) in [5.74, 6) is -4.34. The van der Waals surface area contributed by atoms with Crippen molar-refractivity contribution in [3.05, 3.63) is 65.7 Å². The van der Waals surface area contributed by atoms with Crippen molar-refractivity contribution in [2.24, 2.45) is 0 Å². The fourth-order valence-corrected chi connectivity index (χ4v) is 3.94. The van der Waals surface area contributed by atoms with Gasteiger partial charge >= 0.3 is 5.97 Å². The van der Waals surface area contributed by atoms with Gasteiger partial charge in [-0.3, -0.25) is 19.2 Å². The van der Waals surface area contributed by atoms with Crippen LogP contribution in [0.3, 0.4) is 0 Å². The van der Waals surface area contributed by atoms with Crippen LogP contribution in [0, 0.1) is 0 Å². The molecule has 0 aliphatic heterocycles. The Hall–Kier alpha value is -4.53. The molecule has 2 aromatic rings. The van der Waals surface area contributed by atoms with E-state index in [1.807, 2.05) is 0 Å². The number of hydrogen-bond acceptors (Lipinski definition) is 9. The fraction of sp³-hybridized carbons (Fsp3) is 0.393. The van der Waals surface area contributed by atoms with E-state index in [4.69, 9.17) is 0 Å². The maximum atomic E-state index is 13.0. The Morgan fingerprint density at radius 2 is 1.33 bits per heavy atom. The second-order valence-electron chi connectivity index (χ2n) is 9.47. The molecular weight excluding hydrogens is 550 g/mol. The number of rotatable bonds is 16. The summed E-state index contributed by atoms with van der Waals surface area (Å²) in [6.45, 7) is -2.20. The van der Waals surface area contributed by atoms with E-state index in [0.717, 1.165) is 10.5 Å². The molecule has 0 heterocycles. The van der Waals surface area contributed by atoms with E-state index >= 15 is 0 Å². The first kappa shape index (κ1) is 33.7. The zero-order valence-corrected chi connectivity index (χ0v) is 23.3. The molecule has 14 heteroatoms. The third-order valence-electron chi connectivity index (χ3n) is 6.50. The van der Waals surface area contributed by atoms with Crippen molar-refractivity contribution in [3.8, 4) is 5.75 Å². The van der Waals surface area contributed by atoms with Gasteiger partial charge in [0, 0.05) is 13.5 Å². The van der Waals surface area contributed by atoms with Crippen molar-refractivity contribution in [1.29, 1.82) is 0 Å². The standard InChI is InChI=1S/C28H37N5O9/c1-29-20(12-18-8-10-19(36)11-9-18)26(39)31-21(15-34)25(38)30-14-24(37)33(2)23(13-17-6-4-3-5-7-17)27(40)32-22(16-35)28(41)42/h3-11,20-23,29,34-36H,12-16H2,1-2H3,(H,30,38)(H,31,39)(H,32,40)(H,41,42)/t20?,21-,22-,23?/m1/s1. The van der Waals surface area contributed by atoms with Crippen LogP contribution in [0.15, 0.2) is 54.6 Å². The van der Waals surface area contributed by atoms with E-state index in [9.17, 15) is 44.4 Å². The van der Waals surface area contributed by atoms with Gasteiger partial charge in [0.15, 0.2) is 0 Å². The first-order chi connectivity index (χ1) is 20.0. The number of likely N-dealkylation sites (N-methyl/N-ethyl adjacent to an activating group) is 2. The normalized spacial score (nSPS) is 13.6. The molecule has 0 saturated carbocycles. The summed E-state index contributed by atoms with van der Waals surface area (Å²) < 4.78 is 0. The molecule has 0 aromatic heterocycles. The average molecular weight is 588 g/mol. The molecule has 0 aliphatic rings. The number of carbonyl (C=O) groups excluding carboxylic acids is 4. The SMILES string of the molecule is CNC(Cc1ccc(O)cc1)C(=O)N[C@H](CO)C(=O)NCC(=O)N(C)C(Cc1ccccc1)C(=O)N[C@H](CO)C(=O)O. The van der Waals surface area contributed by atoms with Crippen molar-refractivity contribution in [3.63, 3.8) is 0 Å². The van der Waals surface area contributed by atoms with Crippen molar-refractivity contribution in [1.82, 2.24) is 26.2 Å². The lowest BCUT2D eigenvalue weighted by Gasteiger charge is -2.29. The summed E-state index contributed by atoms with van der Waals surface area (Å²) in [4.78, 5) is 63.8. The third kappa shape index (κ3) is 10.1. The van der Waals surface area contributed by atoms with Gasteiger partial charge in [0.1, 0.15) is 23.9 Å². The largest absolute Gasteiger partial charge is 0.508 e. The number of carbonyl (C=O) groups is 5. The molecule has 2 unspecified atom stereocenters. The molecule has 42 heavy (non-hydrogen) atoms. The number of amides is 4. The summed E-state index contributed by atoms with van der Waals surface area (Å²) >= 11 is 0.